The van der Waals surface area contributed by atoms with Crippen molar-refractivity contribution in [3.63, 3.8) is 0 Å². The molecule has 94 valence electrons. The van der Waals surface area contributed by atoms with E-state index in [0.29, 0.717) is 18.4 Å². The Hall–Kier alpha value is -1.07. The maximum Gasteiger partial charge on any atom is 0.233 e. The molecular formula is C11H16ClN3O2. The van der Waals surface area contributed by atoms with Crippen LogP contribution in [0.2, 0.25) is 0 Å². The zero-order valence-electron chi connectivity index (χ0n) is 9.97. The molecule has 0 bridgehead atoms. The van der Waals surface area contributed by atoms with E-state index in [0.717, 1.165) is 12.4 Å². The summed E-state index contributed by atoms with van der Waals surface area (Å²) in [6.45, 7) is 3.47. The summed E-state index contributed by atoms with van der Waals surface area (Å²) in [4.78, 5) is 10.6. The van der Waals surface area contributed by atoms with Gasteiger partial charge in [0.2, 0.25) is 5.88 Å². The van der Waals surface area contributed by atoms with Gasteiger partial charge in [-0.3, -0.25) is 4.98 Å². The van der Waals surface area contributed by atoms with E-state index < -0.39 is 0 Å². The van der Waals surface area contributed by atoms with Crippen molar-refractivity contribution in [2.24, 2.45) is 0 Å². The van der Waals surface area contributed by atoms with Crippen LogP contribution in [-0.4, -0.2) is 48.3 Å². The Bertz CT molecular complexity index is 377. The molecule has 2 atom stereocenters. The predicted molar refractivity (Wildman–Crippen MR) is 65.9 cm³/mol. The standard InChI is InChI=1S/C11H16ClN3O2/c1-8-7-17-9(3-12)6-15(8)10-4-13-5-11(14-10)16-2/h4-5,8-9H,3,6-7H2,1-2H3. The number of halogens is 1. The molecule has 0 spiro atoms. The van der Waals surface area contributed by atoms with Gasteiger partial charge in [0.1, 0.15) is 0 Å². The minimum atomic E-state index is 0.0425. The first kappa shape index (κ1) is 12.4. The largest absolute Gasteiger partial charge is 0.480 e. The molecule has 0 radical (unpaired) electrons. The van der Waals surface area contributed by atoms with Crippen LogP contribution in [0, 0.1) is 0 Å². The number of ether oxygens (including phenoxy) is 2. The Morgan fingerprint density at radius 3 is 3.12 bits per heavy atom. The first-order valence-corrected chi connectivity index (χ1v) is 6.08. The summed E-state index contributed by atoms with van der Waals surface area (Å²) in [5.41, 5.74) is 0. The fourth-order valence-electron chi connectivity index (χ4n) is 1.81. The van der Waals surface area contributed by atoms with Gasteiger partial charge in [0.25, 0.3) is 0 Å². The maximum atomic E-state index is 5.83. The van der Waals surface area contributed by atoms with Gasteiger partial charge in [0.15, 0.2) is 5.82 Å². The minimum Gasteiger partial charge on any atom is -0.480 e. The number of hydrogen-bond acceptors (Lipinski definition) is 5. The lowest BCUT2D eigenvalue weighted by Gasteiger charge is -2.38. The van der Waals surface area contributed by atoms with Crippen LogP contribution >= 0.6 is 11.6 Å². The van der Waals surface area contributed by atoms with Crippen molar-refractivity contribution < 1.29 is 9.47 Å². The molecule has 1 fully saturated rings. The van der Waals surface area contributed by atoms with Crippen molar-refractivity contribution >= 4 is 17.4 Å². The molecule has 0 aliphatic carbocycles. The predicted octanol–water partition coefficient (Wildman–Crippen LogP) is 1.32. The molecule has 1 aliphatic heterocycles. The summed E-state index contributed by atoms with van der Waals surface area (Å²) in [6, 6.07) is 0.260. The summed E-state index contributed by atoms with van der Waals surface area (Å²) >= 11 is 5.83. The van der Waals surface area contributed by atoms with Crippen molar-refractivity contribution in [3.05, 3.63) is 12.4 Å². The molecular weight excluding hydrogens is 242 g/mol. The van der Waals surface area contributed by atoms with Crippen LogP contribution in [0.3, 0.4) is 0 Å². The zero-order chi connectivity index (χ0) is 12.3. The van der Waals surface area contributed by atoms with E-state index in [1.54, 1.807) is 19.5 Å². The average molecular weight is 258 g/mol. The van der Waals surface area contributed by atoms with Gasteiger partial charge in [-0.15, -0.1) is 11.6 Å². The van der Waals surface area contributed by atoms with Crippen LogP contribution in [0.15, 0.2) is 12.4 Å². The van der Waals surface area contributed by atoms with Crippen molar-refractivity contribution in [2.75, 3.05) is 31.0 Å². The van der Waals surface area contributed by atoms with E-state index in [4.69, 9.17) is 21.1 Å². The second-order valence-electron chi connectivity index (χ2n) is 4.03. The van der Waals surface area contributed by atoms with E-state index in [-0.39, 0.29) is 12.1 Å². The summed E-state index contributed by atoms with van der Waals surface area (Å²) in [6.07, 6.45) is 3.37. The number of morpholine rings is 1. The lowest BCUT2D eigenvalue weighted by Crippen LogP contribution is -2.49. The quantitative estimate of drug-likeness (QED) is 0.765. The molecule has 0 N–H and O–H groups in total. The summed E-state index contributed by atoms with van der Waals surface area (Å²) in [7, 11) is 1.58. The number of anilines is 1. The minimum absolute atomic E-state index is 0.0425. The summed E-state index contributed by atoms with van der Waals surface area (Å²) in [5, 5.41) is 0. The SMILES string of the molecule is COc1cncc(N2CC(CCl)OCC2C)n1. The molecule has 2 unspecified atom stereocenters. The summed E-state index contributed by atoms with van der Waals surface area (Å²) < 4.78 is 10.7. The van der Waals surface area contributed by atoms with Crippen molar-refractivity contribution in [3.8, 4) is 5.88 Å². The first-order valence-electron chi connectivity index (χ1n) is 5.55. The second-order valence-corrected chi connectivity index (χ2v) is 4.34. The van der Waals surface area contributed by atoms with E-state index >= 15 is 0 Å². The average Bonchev–Trinajstić information content (AvgIpc) is 2.39. The van der Waals surface area contributed by atoms with Gasteiger partial charge in [-0.1, -0.05) is 0 Å². The molecule has 1 aliphatic rings. The number of hydrogen-bond donors (Lipinski definition) is 0. The molecule has 0 aromatic carbocycles. The Kier molecular flexibility index (Phi) is 4.02. The molecule has 2 rings (SSSR count). The Balaban J connectivity index is 2.18. The van der Waals surface area contributed by atoms with Gasteiger partial charge in [-0.2, -0.15) is 4.98 Å². The van der Waals surface area contributed by atoms with E-state index in [1.165, 1.54) is 0 Å². The van der Waals surface area contributed by atoms with Crippen LogP contribution in [0.4, 0.5) is 5.82 Å². The third-order valence-electron chi connectivity index (χ3n) is 2.78. The van der Waals surface area contributed by atoms with Crippen LogP contribution in [0.5, 0.6) is 5.88 Å². The lowest BCUT2D eigenvalue weighted by atomic mass is 10.2. The van der Waals surface area contributed by atoms with Crippen LogP contribution < -0.4 is 9.64 Å². The Labute approximate surface area is 106 Å². The smallest absolute Gasteiger partial charge is 0.233 e. The molecule has 1 aromatic rings. The Morgan fingerprint density at radius 2 is 2.41 bits per heavy atom. The topological polar surface area (TPSA) is 47.5 Å². The highest BCUT2D eigenvalue weighted by molar-refractivity contribution is 6.18. The molecule has 5 nitrogen and oxygen atoms in total. The highest BCUT2D eigenvalue weighted by atomic mass is 35.5. The molecule has 2 heterocycles. The number of nitrogens with zero attached hydrogens (tertiary/aromatic N) is 3. The monoisotopic (exact) mass is 257 g/mol. The fraction of sp³-hybridized carbons (Fsp3) is 0.636. The fourth-order valence-corrected chi connectivity index (χ4v) is 1.99. The third kappa shape index (κ3) is 2.79. The van der Waals surface area contributed by atoms with E-state index in [1.807, 2.05) is 0 Å². The van der Waals surface area contributed by atoms with Crippen LogP contribution in [-0.2, 0) is 4.74 Å². The lowest BCUT2D eigenvalue weighted by molar-refractivity contribution is 0.0360. The molecule has 6 heteroatoms. The van der Waals surface area contributed by atoms with Crippen LogP contribution in [0.25, 0.3) is 0 Å². The molecule has 1 aromatic heterocycles. The number of rotatable bonds is 3. The van der Waals surface area contributed by atoms with Gasteiger partial charge < -0.3 is 14.4 Å². The van der Waals surface area contributed by atoms with E-state index in [2.05, 4.69) is 21.8 Å². The van der Waals surface area contributed by atoms with Gasteiger partial charge in [0.05, 0.1) is 44.1 Å². The highest BCUT2D eigenvalue weighted by Gasteiger charge is 2.26. The van der Waals surface area contributed by atoms with Gasteiger partial charge in [0, 0.05) is 6.54 Å². The van der Waals surface area contributed by atoms with Gasteiger partial charge in [-0.25, -0.2) is 0 Å². The normalized spacial score (nSPS) is 24.8. The van der Waals surface area contributed by atoms with E-state index in [9.17, 15) is 0 Å². The molecule has 17 heavy (non-hydrogen) atoms. The number of methoxy groups -OCH3 is 1. The third-order valence-corrected chi connectivity index (χ3v) is 3.12. The van der Waals surface area contributed by atoms with Gasteiger partial charge >= 0.3 is 0 Å². The first-order chi connectivity index (χ1) is 8.24. The molecule has 0 saturated carbocycles. The Morgan fingerprint density at radius 1 is 1.59 bits per heavy atom. The van der Waals surface area contributed by atoms with Gasteiger partial charge in [-0.05, 0) is 6.92 Å². The maximum absolute atomic E-state index is 5.83. The van der Waals surface area contributed by atoms with Crippen LogP contribution in [0.1, 0.15) is 6.92 Å². The number of alkyl halides is 1. The van der Waals surface area contributed by atoms with Crippen molar-refractivity contribution in [1.29, 1.82) is 0 Å². The second kappa shape index (κ2) is 5.51. The van der Waals surface area contributed by atoms with Crippen molar-refractivity contribution in [1.82, 2.24) is 9.97 Å². The summed E-state index contributed by atoms with van der Waals surface area (Å²) in [5.74, 6) is 1.81. The van der Waals surface area contributed by atoms with Crippen molar-refractivity contribution in [2.45, 2.75) is 19.1 Å². The molecule has 1 saturated heterocycles. The number of aromatic nitrogens is 2. The highest BCUT2D eigenvalue weighted by Crippen LogP contribution is 2.21. The molecule has 0 amide bonds. The zero-order valence-corrected chi connectivity index (χ0v) is 10.7.